The number of anilines is 1. The molecule has 0 atom stereocenters. The molecule has 0 aliphatic heterocycles. The molecule has 0 N–H and O–H groups in total. The van der Waals surface area contributed by atoms with Gasteiger partial charge in [-0.05, 0) is 12.1 Å². The lowest BCUT2D eigenvalue weighted by Crippen LogP contribution is -2.48. The highest BCUT2D eigenvalue weighted by Crippen LogP contribution is 2.53. The fourth-order valence-corrected chi connectivity index (χ4v) is 2.62. The second kappa shape index (κ2) is 6.51. The summed E-state index contributed by atoms with van der Waals surface area (Å²) >= 11 is 0. The molecular formula is C11H14N2O6P-. The van der Waals surface area contributed by atoms with Crippen molar-refractivity contribution in [3.63, 3.8) is 0 Å². The molecule has 1 rings (SSSR count). The minimum Gasteiger partial charge on any atom is -0.530 e. The van der Waals surface area contributed by atoms with Gasteiger partial charge in [-0.1, -0.05) is 18.2 Å². The molecule has 0 radical (unpaired) electrons. The van der Waals surface area contributed by atoms with Crippen LogP contribution >= 0.6 is 7.75 Å². The zero-order valence-corrected chi connectivity index (χ0v) is 12.1. The van der Waals surface area contributed by atoms with Crippen molar-refractivity contribution in [1.29, 1.82) is 0 Å². The predicted octanol–water partition coefficient (Wildman–Crippen LogP) is 1.29. The van der Waals surface area contributed by atoms with Crippen LogP contribution < -0.4 is 9.78 Å². The van der Waals surface area contributed by atoms with E-state index in [0.717, 1.165) is 21.3 Å². The molecule has 0 heterocycles. The molecule has 0 unspecified atom stereocenters. The Bertz CT molecular complexity index is 527. The van der Waals surface area contributed by atoms with Crippen LogP contribution in [0.1, 0.15) is 0 Å². The number of amides is 3. The lowest BCUT2D eigenvalue weighted by molar-refractivity contribution is -0.260. The summed E-state index contributed by atoms with van der Waals surface area (Å²) in [6, 6.07) is 6.67. The van der Waals surface area contributed by atoms with Crippen molar-refractivity contribution in [2.75, 3.05) is 25.9 Å². The monoisotopic (exact) mass is 301 g/mol. The Balaban J connectivity index is 3.33. The molecule has 1 aromatic rings. The van der Waals surface area contributed by atoms with E-state index in [0.29, 0.717) is 4.67 Å². The average Bonchev–Trinajstić information content (AvgIpc) is 2.47. The molecule has 0 aliphatic carbocycles. The van der Waals surface area contributed by atoms with Crippen LogP contribution in [-0.2, 0) is 13.6 Å². The summed E-state index contributed by atoms with van der Waals surface area (Å²) < 4.78 is 22.6. The minimum absolute atomic E-state index is 0.164. The molecule has 0 saturated heterocycles. The highest BCUT2D eigenvalue weighted by Gasteiger charge is 2.39. The van der Waals surface area contributed by atoms with E-state index < -0.39 is 19.9 Å². The molecule has 0 aliphatic rings. The summed E-state index contributed by atoms with van der Waals surface area (Å²) in [4.78, 5) is 23.2. The largest absolute Gasteiger partial charge is 0.530 e. The fourth-order valence-electron chi connectivity index (χ4n) is 1.38. The normalized spacial score (nSPS) is 10.9. The average molecular weight is 301 g/mol. The number of hydrogen-bond acceptors (Lipinski definition) is 6. The lowest BCUT2D eigenvalue weighted by atomic mass is 10.3. The third-order valence-electron chi connectivity index (χ3n) is 2.45. The second-order valence-electron chi connectivity index (χ2n) is 3.59. The third-order valence-corrected chi connectivity index (χ3v) is 4.26. The van der Waals surface area contributed by atoms with E-state index in [9.17, 15) is 19.3 Å². The molecule has 20 heavy (non-hydrogen) atoms. The number of hydrogen-bond donors (Lipinski definition) is 0. The van der Waals surface area contributed by atoms with Crippen molar-refractivity contribution >= 4 is 25.6 Å². The van der Waals surface area contributed by atoms with E-state index in [-0.39, 0.29) is 10.6 Å². The first-order valence-electron chi connectivity index (χ1n) is 5.43. The standard InChI is InChI=1S/C11H15N2O6P/c1-12(11(15)16)10(14)13(20(17,18-2)19-3)9-7-5-4-6-8-9/h4-8H,1-3H3,(H,15,16)/p-1. The smallest absolute Gasteiger partial charge is 0.442 e. The van der Waals surface area contributed by atoms with Gasteiger partial charge < -0.3 is 9.90 Å². The van der Waals surface area contributed by atoms with Crippen molar-refractivity contribution < 1.29 is 28.3 Å². The molecule has 0 fully saturated rings. The second-order valence-corrected chi connectivity index (χ2v) is 5.66. The van der Waals surface area contributed by atoms with Crippen molar-refractivity contribution in [3.8, 4) is 0 Å². The quantitative estimate of drug-likeness (QED) is 0.777. The number of para-hydroxylation sites is 1. The highest BCUT2D eigenvalue weighted by atomic mass is 31.2. The Morgan fingerprint density at radius 2 is 1.65 bits per heavy atom. The molecule has 1 aromatic carbocycles. The molecule has 8 nitrogen and oxygen atoms in total. The van der Waals surface area contributed by atoms with Crippen molar-refractivity contribution in [1.82, 2.24) is 4.90 Å². The van der Waals surface area contributed by atoms with Gasteiger partial charge >= 0.3 is 13.8 Å². The minimum atomic E-state index is -4.01. The van der Waals surface area contributed by atoms with Crippen LogP contribution in [0.4, 0.5) is 15.3 Å². The van der Waals surface area contributed by atoms with Gasteiger partial charge in [-0.2, -0.15) is 4.67 Å². The van der Waals surface area contributed by atoms with Gasteiger partial charge in [0.15, 0.2) is 0 Å². The summed E-state index contributed by atoms with van der Waals surface area (Å²) in [7, 11) is -0.857. The highest BCUT2D eigenvalue weighted by molar-refractivity contribution is 7.56. The Hall–Kier alpha value is -1.89. The van der Waals surface area contributed by atoms with Gasteiger partial charge in [-0.3, -0.25) is 13.9 Å². The lowest BCUT2D eigenvalue weighted by Gasteiger charge is -2.31. The van der Waals surface area contributed by atoms with Gasteiger partial charge in [0.25, 0.3) is 0 Å². The zero-order valence-electron chi connectivity index (χ0n) is 11.2. The maximum absolute atomic E-state index is 12.4. The van der Waals surface area contributed by atoms with Gasteiger partial charge in [-0.15, -0.1) is 0 Å². The van der Waals surface area contributed by atoms with Crippen molar-refractivity contribution in [3.05, 3.63) is 30.3 Å². The number of urea groups is 1. The van der Waals surface area contributed by atoms with Crippen LogP contribution in [0.5, 0.6) is 0 Å². The number of benzene rings is 1. The summed E-state index contributed by atoms with van der Waals surface area (Å²) in [5, 5.41) is 10.8. The van der Waals surface area contributed by atoms with Crippen molar-refractivity contribution in [2.24, 2.45) is 0 Å². The first kappa shape index (κ1) is 16.2. The van der Waals surface area contributed by atoms with Crippen LogP contribution in [0.2, 0.25) is 0 Å². The van der Waals surface area contributed by atoms with E-state index in [1.807, 2.05) is 0 Å². The topological polar surface area (TPSA) is 99.2 Å². The van der Waals surface area contributed by atoms with Crippen LogP contribution in [0.15, 0.2) is 30.3 Å². The predicted molar refractivity (Wildman–Crippen MR) is 69.1 cm³/mol. The number of imide groups is 1. The number of carboxylic acid groups (broad SMARTS) is 1. The first-order chi connectivity index (χ1) is 9.37. The molecule has 0 saturated carbocycles. The SMILES string of the molecule is COP(=O)(OC)N(C(=O)N(C)C(=O)[O-])c1ccccc1. The number of nitrogens with zero attached hydrogens (tertiary/aromatic N) is 2. The van der Waals surface area contributed by atoms with Crippen molar-refractivity contribution in [2.45, 2.75) is 0 Å². The Kier molecular flexibility index (Phi) is 5.26. The van der Waals surface area contributed by atoms with Gasteiger partial charge in [0.2, 0.25) is 0 Å². The van der Waals surface area contributed by atoms with Crippen LogP contribution in [0.3, 0.4) is 0 Å². The summed E-state index contributed by atoms with van der Waals surface area (Å²) in [6.45, 7) is 0. The molecule has 110 valence electrons. The third kappa shape index (κ3) is 3.16. The zero-order chi connectivity index (χ0) is 15.3. The molecule has 0 spiro atoms. The molecule has 0 bridgehead atoms. The molecule has 0 aromatic heterocycles. The maximum atomic E-state index is 12.4. The van der Waals surface area contributed by atoms with Gasteiger partial charge in [0, 0.05) is 21.3 Å². The van der Waals surface area contributed by atoms with E-state index in [2.05, 4.69) is 0 Å². The van der Waals surface area contributed by atoms with E-state index in [4.69, 9.17) is 9.05 Å². The maximum Gasteiger partial charge on any atom is 0.442 e. The summed E-state index contributed by atoms with van der Waals surface area (Å²) in [6.07, 6.45) is -1.74. The van der Waals surface area contributed by atoms with E-state index >= 15 is 0 Å². The Labute approximate surface area is 116 Å². The van der Waals surface area contributed by atoms with E-state index in [1.54, 1.807) is 18.2 Å². The van der Waals surface area contributed by atoms with Crippen LogP contribution in [0, 0.1) is 0 Å². The number of rotatable bonds is 4. The van der Waals surface area contributed by atoms with Gasteiger partial charge in [-0.25, -0.2) is 9.36 Å². The van der Waals surface area contributed by atoms with Crippen LogP contribution in [-0.4, -0.2) is 38.3 Å². The Morgan fingerprint density at radius 1 is 1.15 bits per heavy atom. The number of carbonyl (C=O) groups excluding carboxylic acids is 2. The molecular weight excluding hydrogens is 287 g/mol. The van der Waals surface area contributed by atoms with E-state index in [1.165, 1.54) is 12.1 Å². The number of carbonyl (C=O) groups is 2. The van der Waals surface area contributed by atoms with Crippen LogP contribution in [0.25, 0.3) is 0 Å². The molecule has 9 heteroatoms. The Morgan fingerprint density at radius 3 is 2.05 bits per heavy atom. The fraction of sp³-hybridized carbons (Fsp3) is 0.273. The van der Waals surface area contributed by atoms with Gasteiger partial charge in [0.05, 0.1) is 5.69 Å². The summed E-state index contributed by atoms with van der Waals surface area (Å²) in [5.41, 5.74) is 0.164. The summed E-state index contributed by atoms with van der Waals surface area (Å²) in [5.74, 6) is 0. The van der Waals surface area contributed by atoms with Gasteiger partial charge in [0.1, 0.15) is 6.09 Å². The first-order valence-corrected chi connectivity index (χ1v) is 6.92. The molecule has 3 amide bonds.